The highest BCUT2D eigenvalue weighted by Crippen LogP contribution is 2.12. The number of nitrogens with one attached hydrogen (secondary N) is 1. The fourth-order valence-corrected chi connectivity index (χ4v) is 3.04. The molecule has 17 heavy (non-hydrogen) atoms. The van der Waals surface area contributed by atoms with Gasteiger partial charge in [0.25, 0.3) is 0 Å². The van der Waals surface area contributed by atoms with Gasteiger partial charge in [0.15, 0.2) is 0 Å². The lowest BCUT2D eigenvalue weighted by molar-refractivity contribution is 0.267. The number of hydrogen-bond donors (Lipinski definition) is 1. The van der Waals surface area contributed by atoms with Gasteiger partial charge < -0.3 is 10.2 Å². The summed E-state index contributed by atoms with van der Waals surface area (Å²) in [5, 5.41) is 3.72. The van der Waals surface area contributed by atoms with Gasteiger partial charge in [-0.15, -0.1) is 0 Å². The van der Waals surface area contributed by atoms with Crippen LogP contribution in [0.1, 0.15) is 39.5 Å². The third kappa shape index (κ3) is 4.23. The second kappa shape index (κ2) is 6.72. The van der Waals surface area contributed by atoms with E-state index in [-0.39, 0.29) is 0 Å². The van der Waals surface area contributed by atoms with E-state index in [4.69, 9.17) is 0 Å². The molecule has 3 heteroatoms. The highest BCUT2D eigenvalue weighted by atomic mass is 15.2. The maximum atomic E-state index is 3.72. The fourth-order valence-electron chi connectivity index (χ4n) is 3.04. The second-order valence-electron chi connectivity index (χ2n) is 5.93. The predicted octanol–water partition coefficient (Wildman–Crippen LogP) is 1.54. The molecule has 1 N–H and O–H groups in total. The lowest BCUT2D eigenvalue weighted by Crippen LogP contribution is -2.36. The Labute approximate surface area is 107 Å². The van der Waals surface area contributed by atoms with Crippen molar-refractivity contribution in [1.29, 1.82) is 0 Å². The molecule has 2 aliphatic rings. The van der Waals surface area contributed by atoms with Gasteiger partial charge >= 0.3 is 0 Å². The smallest absolute Gasteiger partial charge is 0.0207 e. The highest BCUT2D eigenvalue weighted by molar-refractivity contribution is 4.82. The maximum Gasteiger partial charge on any atom is 0.0207 e. The van der Waals surface area contributed by atoms with E-state index in [1.165, 1.54) is 65.0 Å². The van der Waals surface area contributed by atoms with Gasteiger partial charge in [-0.1, -0.05) is 0 Å². The maximum absolute atomic E-state index is 3.72. The molecule has 2 aliphatic heterocycles. The standard InChI is InChI=1S/C14H29N3/c1-13(2)17-11-6-14(12-17)15-7-5-10-16-8-3-4-9-16/h13-15H,3-12H2,1-2H3. The molecule has 0 saturated carbocycles. The summed E-state index contributed by atoms with van der Waals surface area (Å²) in [6.45, 7) is 12.3. The Morgan fingerprint density at radius 3 is 2.59 bits per heavy atom. The molecule has 100 valence electrons. The van der Waals surface area contributed by atoms with E-state index in [0.29, 0.717) is 6.04 Å². The van der Waals surface area contributed by atoms with Gasteiger partial charge in [-0.2, -0.15) is 0 Å². The van der Waals surface area contributed by atoms with E-state index in [1.807, 2.05) is 0 Å². The molecule has 0 aromatic rings. The Balaban J connectivity index is 1.51. The van der Waals surface area contributed by atoms with Crippen molar-refractivity contribution >= 4 is 0 Å². The molecule has 1 unspecified atom stereocenters. The van der Waals surface area contributed by atoms with Gasteiger partial charge in [0.1, 0.15) is 0 Å². The molecule has 0 aromatic carbocycles. The van der Waals surface area contributed by atoms with Crippen molar-refractivity contribution in [2.75, 3.05) is 39.3 Å². The lowest BCUT2D eigenvalue weighted by atomic mass is 10.2. The van der Waals surface area contributed by atoms with Gasteiger partial charge in [0.2, 0.25) is 0 Å². The summed E-state index contributed by atoms with van der Waals surface area (Å²) in [4.78, 5) is 5.19. The molecule has 2 saturated heterocycles. The van der Waals surface area contributed by atoms with Crippen molar-refractivity contribution in [2.45, 2.75) is 51.6 Å². The topological polar surface area (TPSA) is 18.5 Å². The molecule has 0 amide bonds. The predicted molar refractivity (Wildman–Crippen MR) is 73.4 cm³/mol. The van der Waals surface area contributed by atoms with E-state index < -0.39 is 0 Å². The molecular formula is C14H29N3. The van der Waals surface area contributed by atoms with Crippen molar-refractivity contribution in [3.63, 3.8) is 0 Å². The van der Waals surface area contributed by atoms with Crippen LogP contribution in [-0.4, -0.2) is 61.2 Å². The first-order valence-electron chi connectivity index (χ1n) is 7.45. The molecule has 0 bridgehead atoms. The number of likely N-dealkylation sites (tertiary alicyclic amines) is 2. The Morgan fingerprint density at radius 1 is 1.18 bits per heavy atom. The van der Waals surface area contributed by atoms with Crippen molar-refractivity contribution in [3.8, 4) is 0 Å². The van der Waals surface area contributed by atoms with Crippen molar-refractivity contribution in [3.05, 3.63) is 0 Å². The van der Waals surface area contributed by atoms with Crippen molar-refractivity contribution in [1.82, 2.24) is 15.1 Å². The van der Waals surface area contributed by atoms with Crippen molar-refractivity contribution in [2.24, 2.45) is 0 Å². The molecule has 0 aromatic heterocycles. The molecule has 2 rings (SSSR count). The molecule has 0 spiro atoms. The number of nitrogens with zero attached hydrogens (tertiary/aromatic N) is 2. The summed E-state index contributed by atoms with van der Waals surface area (Å²) in [5.74, 6) is 0. The molecule has 2 heterocycles. The van der Waals surface area contributed by atoms with Crippen LogP contribution < -0.4 is 5.32 Å². The van der Waals surface area contributed by atoms with Crippen LogP contribution in [0.2, 0.25) is 0 Å². The molecule has 2 fully saturated rings. The van der Waals surface area contributed by atoms with Crippen LogP contribution in [0.25, 0.3) is 0 Å². The molecule has 3 nitrogen and oxygen atoms in total. The van der Waals surface area contributed by atoms with E-state index in [0.717, 1.165) is 6.04 Å². The summed E-state index contributed by atoms with van der Waals surface area (Å²) in [6, 6.07) is 1.46. The first-order chi connectivity index (χ1) is 8.25. The van der Waals surface area contributed by atoms with Gasteiger partial charge in [-0.3, -0.25) is 4.90 Å². The number of rotatable bonds is 6. The van der Waals surface area contributed by atoms with Crippen LogP contribution in [0.4, 0.5) is 0 Å². The molecule has 0 radical (unpaired) electrons. The number of hydrogen-bond acceptors (Lipinski definition) is 3. The minimum Gasteiger partial charge on any atom is -0.313 e. The first kappa shape index (κ1) is 13.3. The average molecular weight is 239 g/mol. The Morgan fingerprint density at radius 2 is 1.94 bits per heavy atom. The zero-order chi connectivity index (χ0) is 12.1. The highest BCUT2D eigenvalue weighted by Gasteiger charge is 2.23. The Kier molecular flexibility index (Phi) is 5.26. The van der Waals surface area contributed by atoms with Gasteiger partial charge in [-0.05, 0) is 72.3 Å². The molecule has 0 aliphatic carbocycles. The zero-order valence-corrected chi connectivity index (χ0v) is 11.6. The Bertz CT molecular complexity index is 212. The van der Waals surface area contributed by atoms with E-state index in [9.17, 15) is 0 Å². The molecule has 1 atom stereocenters. The zero-order valence-electron chi connectivity index (χ0n) is 11.6. The summed E-state index contributed by atoms with van der Waals surface area (Å²) >= 11 is 0. The fraction of sp³-hybridized carbons (Fsp3) is 1.00. The van der Waals surface area contributed by atoms with Gasteiger partial charge in [0, 0.05) is 18.6 Å². The summed E-state index contributed by atoms with van der Waals surface area (Å²) in [5.41, 5.74) is 0. The van der Waals surface area contributed by atoms with Crippen LogP contribution in [0.15, 0.2) is 0 Å². The summed E-state index contributed by atoms with van der Waals surface area (Å²) < 4.78 is 0. The van der Waals surface area contributed by atoms with E-state index >= 15 is 0 Å². The third-order valence-electron chi connectivity index (χ3n) is 4.23. The van der Waals surface area contributed by atoms with Crippen LogP contribution in [-0.2, 0) is 0 Å². The monoisotopic (exact) mass is 239 g/mol. The minimum absolute atomic E-state index is 0.714. The minimum atomic E-state index is 0.714. The Hall–Kier alpha value is -0.120. The van der Waals surface area contributed by atoms with Gasteiger partial charge in [0.05, 0.1) is 0 Å². The van der Waals surface area contributed by atoms with Crippen LogP contribution in [0, 0.1) is 0 Å². The lowest BCUT2D eigenvalue weighted by Gasteiger charge is -2.21. The largest absolute Gasteiger partial charge is 0.313 e. The van der Waals surface area contributed by atoms with Crippen LogP contribution in [0.3, 0.4) is 0 Å². The third-order valence-corrected chi connectivity index (χ3v) is 4.23. The van der Waals surface area contributed by atoms with Gasteiger partial charge in [-0.25, -0.2) is 0 Å². The summed E-state index contributed by atoms with van der Waals surface area (Å²) in [7, 11) is 0. The average Bonchev–Trinajstić information content (AvgIpc) is 2.96. The molecular weight excluding hydrogens is 210 g/mol. The van der Waals surface area contributed by atoms with Crippen molar-refractivity contribution < 1.29 is 0 Å². The van der Waals surface area contributed by atoms with Crippen LogP contribution >= 0.6 is 0 Å². The van der Waals surface area contributed by atoms with Crippen LogP contribution in [0.5, 0.6) is 0 Å². The van der Waals surface area contributed by atoms with E-state index in [2.05, 4.69) is 29.0 Å². The first-order valence-corrected chi connectivity index (χ1v) is 7.45. The second-order valence-corrected chi connectivity index (χ2v) is 5.93. The SMILES string of the molecule is CC(C)N1CCC(NCCCN2CCCC2)C1. The van der Waals surface area contributed by atoms with E-state index in [1.54, 1.807) is 0 Å². The normalized spacial score (nSPS) is 27.4. The quantitative estimate of drug-likeness (QED) is 0.710. The summed E-state index contributed by atoms with van der Waals surface area (Å²) in [6.07, 6.45) is 5.48.